The number of fused-ring (bicyclic) bond motifs is 1. The zero-order chi connectivity index (χ0) is 33.4. The van der Waals surface area contributed by atoms with Gasteiger partial charge < -0.3 is 35.6 Å². The van der Waals surface area contributed by atoms with E-state index in [0.29, 0.717) is 6.42 Å². The molecule has 0 aliphatic carbocycles. The summed E-state index contributed by atoms with van der Waals surface area (Å²) in [7, 11) is 0. The van der Waals surface area contributed by atoms with Gasteiger partial charge in [-0.3, -0.25) is 24.0 Å². The van der Waals surface area contributed by atoms with Crippen LogP contribution in [0.1, 0.15) is 42.6 Å². The number of carbonyl (C=O) groups is 5. The second-order valence-electron chi connectivity index (χ2n) is 11.5. The number of aliphatic hydroxyl groups is 1. The van der Waals surface area contributed by atoms with E-state index in [0.717, 1.165) is 16.5 Å². The quantitative estimate of drug-likeness (QED) is 0.352. The molecule has 2 aliphatic heterocycles. The minimum absolute atomic E-state index is 0.0344. The molecule has 2 aromatic carbocycles. The SMILES string of the molecule is CC[C@H](C)[C@@H]1NC(=O)CN(C(=O)c2cccc(OC(F)F)c2)CCNC(=O)[C@H](Cc2ccccc2)NC(=O)[C@@H]2C[C@@H](O)CN2C1=O. The van der Waals surface area contributed by atoms with Gasteiger partial charge in [-0.05, 0) is 29.7 Å². The molecular weight excluding hydrogens is 604 g/mol. The van der Waals surface area contributed by atoms with Gasteiger partial charge in [-0.2, -0.15) is 8.78 Å². The van der Waals surface area contributed by atoms with Crippen LogP contribution in [0.15, 0.2) is 54.6 Å². The molecular formula is C32H39F2N5O7. The van der Waals surface area contributed by atoms with Gasteiger partial charge in [-0.1, -0.05) is 56.7 Å². The highest BCUT2D eigenvalue weighted by Crippen LogP contribution is 2.23. The van der Waals surface area contributed by atoms with Crippen molar-refractivity contribution in [3.63, 3.8) is 0 Å². The molecule has 0 aromatic heterocycles. The third-order valence-corrected chi connectivity index (χ3v) is 8.18. The summed E-state index contributed by atoms with van der Waals surface area (Å²) in [5, 5.41) is 18.6. The van der Waals surface area contributed by atoms with Gasteiger partial charge >= 0.3 is 6.61 Å². The number of nitrogens with one attached hydrogen (secondary N) is 3. The Morgan fingerprint density at radius 1 is 1.04 bits per heavy atom. The fraction of sp³-hybridized carbons (Fsp3) is 0.469. The van der Waals surface area contributed by atoms with E-state index in [1.54, 1.807) is 31.2 Å². The molecule has 14 heteroatoms. The summed E-state index contributed by atoms with van der Waals surface area (Å²) in [5.74, 6) is -3.77. The average molecular weight is 644 g/mol. The van der Waals surface area contributed by atoms with Crippen LogP contribution >= 0.6 is 0 Å². The van der Waals surface area contributed by atoms with Gasteiger partial charge in [0, 0.05) is 38.0 Å². The maximum Gasteiger partial charge on any atom is 0.387 e. The molecule has 0 spiro atoms. The van der Waals surface area contributed by atoms with Crippen LogP contribution in [-0.4, -0.2) is 101 Å². The Morgan fingerprint density at radius 2 is 1.78 bits per heavy atom. The minimum atomic E-state index is -3.11. The Hall–Kier alpha value is -4.59. The number of rotatable bonds is 7. The van der Waals surface area contributed by atoms with E-state index >= 15 is 0 Å². The first kappa shape index (κ1) is 34.3. The number of carbonyl (C=O) groups excluding carboxylic acids is 5. The molecule has 2 aromatic rings. The maximum absolute atomic E-state index is 13.9. The number of ether oxygens (including phenoxy) is 1. The summed E-state index contributed by atoms with van der Waals surface area (Å²) in [6, 6.07) is 10.9. The molecule has 0 unspecified atom stereocenters. The van der Waals surface area contributed by atoms with E-state index in [2.05, 4.69) is 20.7 Å². The van der Waals surface area contributed by atoms with Crippen molar-refractivity contribution in [3.8, 4) is 5.75 Å². The average Bonchev–Trinajstić information content (AvgIpc) is 3.43. The van der Waals surface area contributed by atoms with Crippen molar-refractivity contribution >= 4 is 29.5 Å². The van der Waals surface area contributed by atoms with Crippen LogP contribution < -0.4 is 20.7 Å². The van der Waals surface area contributed by atoms with Gasteiger partial charge in [0.15, 0.2) is 0 Å². The van der Waals surface area contributed by atoms with Gasteiger partial charge in [0.05, 0.1) is 12.6 Å². The zero-order valence-electron chi connectivity index (χ0n) is 25.7. The topological polar surface area (TPSA) is 157 Å². The third kappa shape index (κ3) is 8.77. The Balaban J connectivity index is 1.67. The second-order valence-corrected chi connectivity index (χ2v) is 11.5. The van der Waals surface area contributed by atoms with Crippen LogP contribution in [-0.2, 0) is 25.6 Å². The van der Waals surface area contributed by atoms with Crippen molar-refractivity contribution in [2.24, 2.45) is 5.92 Å². The summed E-state index contributed by atoms with van der Waals surface area (Å²) in [6.45, 7) is -0.461. The summed E-state index contributed by atoms with van der Waals surface area (Å²) < 4.78 is 30.1. The van der Waals surface area contributed by atoms with E-state index < -0.39 is 66.9 Å². The van der Waals surface area contributed by atoms with Gasteiger partial charge in [0.25, 0.3) is 5.91 Å². The van der Waals surface area contributed by atoms with Gasteiger partial charge in [0.1, 0.15) is 23.9 Å². The second kappa shape index (κ2) is 15.6. The largest absolute Gasteiger partial charge is 0.435 e. The van der Waals surface area contributed by atoms with Crippen LogP contribution in [0.2, 0.25) is 0 Å². The molecule has 2 saturated heterocycles. The summed E-state index contributed by atoms with van der Waals surface area (Å²) in [5.41, 5.74) is 0.724. The van der Waals surface area contributed by atoms with E-state index in [4.69, 9.17) is 0 Å². The van der Waals surface area contributed by atoms with E-state index in [-0.39, 0.29) is 49.7 Å². The van der Waals surface area contributed by atoms with Crippen LogP contribution in [0, 0.1) is 5.92 Å². The lowest BCUT2D eigenvalue weighted by atomic mass is 9.97. The number of benzene rings is 2. The van der Waals surface area contributed by atoms with Crippen LogP contribution in [0.25, 0.3) is 0 Å². The van der Waals surface area contributed by atoms with Crippen molar-refractivity contribution < 1.29 is 42.6 Å². The Kier molecular flexibility index (Phi) is 11.6. The van der Waals surface area contributed by atoms with Crippen LogP contribution in [0.5, 0.6) is 5.75 Å². The van der Waals surface area contributed by atoms with Crippen molar-refractivity contribution in [1.29, 1.82) is 0 Å². The van der Waals surface area contributed by atoms with Crippen LogP contribution in [0.3, 0.4) is 0 Å². The summed E-state index contributed by atoms with van der Waals surface area (Å²) in [6.07, 6.45) is -0.432. The lowest BCUT2D eigenvalue weighted by molar-refractivity contribution is -0.143. The van der Waals surface area contributed by atoms with E-state index in [1.165, 1.54) is 23.1 Å². The van der Waals surface area contributed by atoms with Crippen molar-refractivity contribution in [3.05, 3.63) is 65.7 Å². The van der Waals surface area contributed by atoms with Crippen molar-refractivity contribution in [2.75, 3.05) is 26.2 Å². The fourth-order valence-corrected chi connectivity index (χ4v) is 5.56. The van der Waals surface area contributed by atoms with Gasteiger partial charge in [0.2, 0.25) is 23.6 Å². The highest BCUT2D eigenvalue weighted by molar-refractivity contribution is 5.98. The number of hydrogen-bond acceptors (Lipinski definition) is 7. The fourth-order valence-electron chi connectivity index (χ4n) is 5.56. The molecule has 5 amide bonds. The molecule has 2 aliphatic rings. The first-order chi connectivity index (χ1) is 22.0. The molecule has 0 saturated carbocycles. The van der Waals surface area contributed by atoms with Crippen molar-refractivity contribution in [1.82, 2.24) is 25.8 Å². The minimum Gasteiger partial charge on any atom is -0.435 e. The molecule has 46 heavy (non-hydrogen) atoms. The molecule has 4 rings (SSSR count). The first-order valence-corrected chi connectivity index (χ1v) is 15.2. The Bertz CT molecular complexity index is 1410. The third-order valence-electron chi connectivity index (χ3n) is 8.18. The number of alkyl halides is 2. The number of halogens is 2. The number of hydrogen-bond donors (Lipinski definition) is 4. The highest BCUT2D eigenvalue weighted by atomic mass is 19.3. The van der Waals surface area contributed by atoms with Gasteiger partial charge in [-0.15, -0.1) is 0 Å². The number of amides is 5. The molecule has 0 radical (unpaired) electrons. The zero-order valence-corrected chi connectivity index (χ0v) is 25.7. The Labute approximate surface area is 265 Å². The maximum atomic E-state index is 13.9. The predicted octanol–water partition coefficient (Wildman–Crippen LogP) is 1.08. The first-order valence-electron chi connectivity index (χ1n) is 15.2. The van der Waals surface area contributed by atoms with Gasteiger partial charge in [-0.25, -0.2) is 0 Å². The van der Waals surface area contributed by atoms with E-state index in [1.807, 2.05) is 13.0 Å². The molecule has 12 nitrogen and oxygen atoms in total. The molecule has 248 valence electrons. The van der Waals surface area contributed by atoms with E-state index in [9.17, 15) is 37.9 Å². The van der Waals surface area contributed by atoms with Crippen molar-refractivity contribution in [2.45, 2.75) is 64.0 Å². The highest BCUT2D eigenvalue weighted by Gasteiger charge is 2.43. The summed E-state index contributed by atoms with van der Waals surface area (Å²) >= 11 is 0. The molecule has 5 atom stereocenters. The smallest absolute Gasteiger partial charge is 0.387 e. The normalized spacial score (nSPS) is 23.9. The molecule has 4 N–H and O–H groups in total. The predicted molar refractivity (Wildman–Crippen MR) is 162 cm³/mol. The summed E-state index contributed by atoms with van der Waals surface area (Å²) in [4.78, 5) is 70.2. The monoisotopic (exact) mass is 643 g/mol. The number of nitrogens with zero attached hydrogens (tertiary/aromatic N) is 2. The molecule has 0 bridgehead atoms. The molecule has 2 heterocycles. The lowest BCUT2D eigenvalue weighted by Crippen LogP contribution is -2.58. The number of aliphatic hydroxyl groups excluding tert-OH is 1. The molecule has 2 fully saturated rings. The van der Waals surface area contributed by atoms with Crippen LogP contribution in [0.4, 0.5) is 8.78 Å². The lowest BCUT2D eigenvalue weighted by Gasteiger charge is -2.32. The standard InChI is InChI=1S/C32H39F2N5O7/c1-3-19(2)27-31(45)39-17-22(40)16-25(39)29(43)36-24(14-20-8-5-4-6-9-20)28(42)35-12-13-38(18-26(41)37-27)30(44)21-10-7-11-23(15-21)46-32(33)34/h4-11,15,19,22,24-25,27,32,40H,3,12-14,16-18H2,1-2H3,(H,35,42)(H,36,43)(H,37,41)/t19-,22+,24-,25-,27-/m0/s1. The Morgan fingerprint density at radius 3 is 2.48 bits per heavy atom.